The Balaban J connectivity index is 2.07. The molecular formula is C12H14N2O5S. The van der Waals surface area contributed by atoms with Crippen molar-refractivity contribution < 1.29 is 23.7 Å². The van der Waals surface area contributed by atoms with Crippen LogP contribution in [0.3, 0.4) is 0 Å². The van der Waals surface area contributed by atoms with Gasteiger partial charge in [-0.25, -0.2) is 4.31 Å². The van der Waals surface area contributed by atoms with Crippen LogP contribution in [-0.4, -0.2) is 36.6 Å². The fourth-order valence-corrected chi connectivity index (χ4v) is 3.70. The molecule has 3 rings (SSSR count). The van der Waals surface area contributed by atoms with E-state index in [0.717, 1.165) is 0 Å². The van der Waals surface area contributed by atoms with E-state index in [0.29, 0.717) is 18.5 Å². The van der Waals surface area contributed by atoms with E-state index in [1.807, 2.05) is 0 Å². The van der Waals surface area contributed by atoms with Crippen molar-refractivity contribution in [1.82, 2.24) is 4.98 Å². The highest BCUT2D eigenvalue weighted by molar-refractivity contribution is 8.25. The molecule has 4 N–H and O–H groups in total. The predicted molar refractivity (Wildman–Crippen MR) is 74.9 cm³/mol. The number of pyridine rings is 1. The number of hydrogen-bond donors (Lipinski definition) is 4. The van der Waals surface area contributed by atoms with Crippen LogP contribution in [-0.2, 0) is 0 Å². The largest absolute Gasteiger partial charge is 0.502 e. The van der Waals surface area contributed by atoms with Crippen molar-refractivity contribution in [2.24, 2.45) is 0 Å². The van der Waals surface area contributed by atoms with Gasteiger partial charge in [0.25, 0.3) is 5.88 Å². The minimum Gasteiger partial charge on any atom is -0.502 e. The van der Waals surface area contributed by atoms with E-state index in [9.17, 15) is 19.3 Å². The molecule has 2 aromatic heterocycles. The number of anilines is 1. The van der Waals surface area contributed by atoms with Crippen molar-refractivity contribution in [3.05, 3.63) is 24.5 Å². The summed E-state index contributed by atoms with van der Waals surface area (Å²) in [5, 5.41) is 19.9. The van der Waals surface area contributed by atoms with Crippen molar-refractivity contribution in [2.45, 2.75) is 6.42 Å². The molecule has 0 atom stereocenters. The number of nitrogens with zero attached hydrogens (tertiary/aromatic N) is 2. The third kappa shape index (κ3) is 1.98. The molecule has 0 amide bonds. The lowest BCUT2D eigenvalue weighted by molar-refractivity contribution is 0.409. The van der Waals surface area contributed by atoms with Crippen molar-refractivity contribution in [2.75, 3.05) is 16.6 Å². The SMILES string of the molecule is Oc1c(-c2cccnc2)oc(N2CCCS2(O)O)c1O. The summed E-state index contributed by atoms with van der Waals surface area (Å²) < 4.78 is 26.4. The molecule has 8 heteroatoms. The van der Waals surface area contributed by atoms with Crippen LogP contribution in [0.25, 0.3) is 11.3 Å². The van der Waals surface area contributed by atoms with Gasteiger partial charge in [0.15, 0.2) is 5.76 Å². The summed E-state index contributed by atoms with van der Waals surface area (Å²) in [5.41, 5.74) is 0.488. The lowest BCUT2D eigenvalue weighted by Gasteiger charge is -2.35. The van der Waals surface area contributed by atoms with Crippen LogP contribution < -0.4 is 4.31 Å². The number of furan rings is 1. The van der Waals surface area contributed by atoms with Crippen LogP contribution in [0.2, 0.25) is 0 Å². The molecular weight excluding hydrogens is 284 g/mol. The van der Waals surface area contributed by atoms with Gasteiger partial charge in [0.05, 0.1) is 5.75 Å². The van der Waals surface area contributed by atoms with Gasteiger partial charge in [0, 0.05) is 24.5 Å². The lowest BCUT2D eigenvalue weighted by Crippen LogP contribution is -2.21. The third-order valence-corrected chi connectivity index (χ3v) is 5.01. The Labute approximate surface area is 116 Å². The summed E-state index contributed by atoms with van der Waals surface area (Å²) in [5.74, 6) is -0.789. The maximum atomic E-state index is 9.96. The van der Waals surface area contributed by atoms with Crippen LogP contribution in [0.15, 0.2) is 28.9 Å². The summed E-state index contributed by atoms with van der Waals surface area (Å²) in [6, 6.07) is 3.33. The Morgan fingerprint density at radius 1 is 1.25 bits per heavy atom. The maximum Gasteiger partial charge on any atom is 0.261 e. The van der Waals surface area contributed by atoms with Gasteiger partial charge in [0.2, 0.25) is 11.5 Å². The molecule has 0 saturated carbocycles. The minimum absolute atomic E-state index is 0.0488. The van der Waals surface area contributed by atoms with E-state index >= 15 is 0 Å². The van der Waals surface area contributed by atoms with Gasteiger partial charge in [-0.05, 0) is 18.6 Å². The highest BCUT2D eigenvalue weighted by Crippen LogP contribution is 2.57. The highest BCUT2D eigenvalue weighted by atomic mass is 32.3. The zero-order chi connectivity index (χ0) is 14.3. The standard InChI is InChI=1S/C12H14N2O5S/c15-9-10(16)12(14-5-2-6-20(14,17)18)19-11(9)8-3-1-4-13-7-8/h1,3-4,7,15-18H,2,5-6H2. The van der Waals surface area contributed by atoms with Gasteiger partial charge in [0.1, 0.15) is 0 Å². The second-order valence-corrected chi connectivity index (χ2v) is 6.58. The monoisotopic (exact) mass is 298 g/mol. The molecule has 1 aliphatic rings. The van der Waals surface area contributed by atoms with Crippen molar-refractivity contribution in [3.63, 3.8) is 0 Å². The van der Waals surface area contributed by atoms with Crippen molar-refractivity contribution in [1.29, 1.82) is 0 Å². The van der Waals surface area contributed by atoms with E-state index in [1.54, 1.807) is 18.3 Å². The molecule has 1 aliphatic heterocycles. The van der Waals surface area contributed by atoms with E-state index in [-0.39, 0.29) is 17.4 Å². The first-order chi connectivity index (χ1) is 9.50. The second kappa shape index (κ2) is 4.58. The molecule has 108 valence electrons. The van der Waals surface area contributed by atoms with Gasteiger partial charge >= 0.3 is 0 Å². The Morgan fingerprint density at radius 2 is 2.05 bits per heavy atom. The summed E-state index contributed by atoms with van der Waals surface area (Å²) in [4.78, 5) is 3.91. The molecule has 1 fully saturated rings. The average molecular weight is 298 g/mol. The fourth-order valence-electron chi connectivity index (χ4n) is 2.16. The van der Waals surface area contributed by atoms with E-state index in [4.69, 9.17) is 4.42 Å². The molecule has 0 bridgehead atoms. The first-order valence-electron chi connectivity index (χ1n) is 5.99. The second-order valence-electron chi connectivity index (χ2n) is 4.47. The summed E-state index contributed by atoms with van der Waals surface area (Å²) in [7, 11) is -3.00. The van der Waals surface area contributed by atoms with Gasteiger partial charge < -0.3 is 14.6 Å². The predicted octanol–water partition coefficient (Wildman–Crippen LogP) is 2.63. The van der Waals surface area contributed by atoms with Crippen molar-refractivity contribution >= 4 is 16.7 Å². The molecule has 0 aliphatic carbocycles. The first-order valence-corrected chi connectivity index (χ1v) is 7.66. The van der Waals surface area contributed by atoms with Crippen LogP contribution in [0.4, 0.5) is 5.88 Å². The molecule has 1 saturated heterocycles. The fraction of sp³-hybridized carbons (Fsp3) is 0.250. The molecule has 0 aromatic carbocycles. The molecule has 20 heavy (non-hydrogen) atoms. The van der Waals surface area contributed by atoms with Crippen LogP contribution in [0.1, 0.15) is 6.42 Å². The van der Waals surface area contributed by atoms with Gasteiger partial charge in [-0.15, -0.1) is 10.8 Å². The van der Waals surface area contributed by atoms with E-state index < -0.39 is 22.3 Å². The van der Waals surface area contributed by atoms with Crippen LogP contribution >= 0.6 is 10.8 Å². The Bertz CT molecular complexity index is 628. The minimum atomic E-state index is -3.00. The van der Waals surface area contributed by atoms with Gasteiger partial charge in [-0.1, -0.05) is 0 Å². The lowest BCUT2D eigenvalue weighted by atomic mass is 10.2. The molecule has 2 aromatic rings. The Hall–Kier alpha value is -1.90. The zero-order valence-electron chi connectivity index (χ0n) is 10.4. The number of aromatic nitrogens is 1. The zero-order valence-corrected chi connectivity index (χ0v) is 11.2. The topological polar surface area (TPSA) is 110 Å². The van der Waals surface area contributed by atoms with Crippen LogP contribution in [0, 0.1) is 0 Å². The summed E-state index contributed by atoms with van der Waals surface area (Å²) in [6.45, 7) is 0.343. The quantitative estimate of drug-likeness (QED) is 0.674. The molecule has 7 nitrogen and oxygen atoms in total. The molecule has 0 radical (unpaired) electrons. The third-order valence-electron chi connectivity index (χ3n) is 3.12. The normalized spacial score (nSPS) is 19.2. The van der Waals surface area contributed by atoms with Crippen molar-refractivity contribution in [3.8, 4) is 22.8 Å². The Morgan fingerprint density at radius 3 is 2.65 bits per heavy atom. The van der Waals surface area contributed by atoms with Gasteiger partial charge in [-0.2, -0.15) is 0 Å². The average Bonchev–Trinajstić information content (AvgIpc) is 2.92. The number of aromatic hydroxyl groups is 2. The Kier molecular flexibility index (Phi) is 3.00. The number of rotatable bonds is 2. The summed E-state index contributed by atoms with van der Waals surface area (Å²) in [6.07, 6.45) is 3.62. The smallest absolute Gasteiger partial charge is 0.261 e. The highest BCUT2D eigenvalue weighted by Gasteiger charge is 2.35. The molecule has 0 spiro atoms. The van der Waals surface area contributed by atoms with Gasteiger partial charge in [-0.3, -0.25) is 14.1 Å². The number of hydrogen-bond acceptors (Lipinski definition) is 7. The van der Waals surface area contributed by atoms with E-state index in [2.05, 4.69) is 4.98 Å². The first kappa shape index (κ1) is 13.1. The molecule has 0 unspecified atom stereocenters. The van der Waals surface area contributed by atoms with E-state index in [1.165, 1.54) is 10.5 Å². The molecule has 3 heterocycles. The van der Waals surface area contributed by atoms with Crippen LogP contribution in [0.5, 0.6) is 11.5 Å². The maximum absolute atomic E-state index is 9.96. The summed E-state index contributed by atoms with van der Waals surface area (Å²) >= 11 is 0.